The third-order valence-electron chi connectivity index (χ3n) is 10.4. The van der Waals surface area contributed by atoms with Crippen molar-refractivity contribution in [2.24, 2.45) is 5.92 Å². The van der Waals surface area contributed by atoms with Crippen molar-refractivity contribution < 1.29 is 15.3 Å². The van der Waals surface area contributed by atoms with E-state index in [1.807, 2.05) is 41.5 Å². The fraction of sp³-hybridized carbons (Fsp3) is 0.471. The van der Waals surface area contributed by atoms with Crippen LogP contribution in [0.1, 0.15) is 88.6 Å². The molecule has 3 N–H and O–H groups in total. The fourth-order valence-electron chi connectivity index (χ4n) is 9.19. The molecule has 194 valence electrons. The van der Waals surface area contributed by atoms with E-state index in [-0.39, 0.29) is 16.2 Å². The van der Waals surface area contributed by atoms with Gasteiger partial charge in [0.25, 0.3) is 0 Å². The zero-order valence-corrected chi connectivity index (χ0v) is 23.1. The maximum absolute atomic E-state index is 10.6. The highest BCUT2D eigenvalue weighted by Gasteiger charge is 2.64. The van der Waals surface area contributed by atoms with Crippen molar-refractivity contribution in [2.45, 2.75) is 96.3 Å². The number of rotatable bonds is 3. The fourth-order valence-corrected chi connectivity index (χ4v) is 9.19. The zero-order valence-electron chi connectivity index (χ0n) is 23.1. The van der Waals surface area contributed by atoms with Crippen molar-refractivity contribution in [3.8, 4) is 17.2 Å². The predicted octanol–water partition coefficient (Wildman–Crippen LogP) is 7.77. The number of aromatic hydroxyl groups is 3. The van der Waals surface area contributed by atoms with Crippen LogP contribution in [0.3, 0.4) is 0 Å². The summed E-state index contributed by atoms with van der Waals surface area (Å²) in [5.74, 6) is 1.84. The lowest BCUT2D eigenvalue weighted by Crippen LogP contribution is -2.62. The third-order valence-corrected chi connectivity index (χ3v) is 10.4. The monoisotopic (exact) mass is 496 g/mol. The topological polar surface area (TPSA) is 60.7 Å². The lowest BCUT2D eigenvalue weighted by molar-refractivity contribution is -0.0495. The smallest absolute Gasteiger partial charge is 0.121 e. The normalized spacial score (nSPS) is 30.2. The summed E-state index contributed by atoms with van der Waals surface area (Å²) in [6.07, 6.45) is 6.86. The summed E-state index contributed by atoms with van der Waals surface area (Å²) in [4.78, 5) is 0. The van der Waals surface area contributed by atoms with Gasteiger partial charge in [0, 0.05) is 0 Å². The summed E-state index contributed by atoms with van der Waals surface area (Å²) in [6, 6.07) is 13.5. The van der Waals surface area contributed by atoms with Crippen molar-refractivity contribution in [2.75, 3.05) is 0 Å². The second-order valence-corrected chi connectivity index (χ2v) is 13.2. The number of hydrogen-bond donors (Lipinski definition) is 3. The molecule has 3 aromatic carbocycles. The van der Waals surface area contributed by atoms with Gasteiger partial charge in [-0.25, -0.2) is 0 Å². The van der Waals surface area contributed by atoms with Crippen molar-refractivity contribution in [3.05, 3.63) is 86.5 Å². The molecule has 7 rings (SSSR count). The Balaban J connectivity index is 1.60. The molecular formula is C34H40O3. The molecule has 0 heterocycles. The molecule has 3 aromatic rings. The molecule has 4 saturated carbocycles. The average molecular weight is 497 g/mol. The van der Waals surface area contributed by atoms with E-state index in [9.17, 15) is 15.3 Å². The van der Waals surface area contributed by atoms with Gasteiger partial charge in [-0.15, -0.1) is 0 Å². The maximum Gasteiger partial charge on any atom is 0.121 e. The molecule has 3 nitrogen and oxygen atoms in total. The molecule has 0 spiro atoms. The van der Waals surface area contributed by atoms with Crippen LogP contribution in [0.5, 0.6) is 17.2 Å². The van der Waals surface area contributed by atoms with E-state index in [0.29, 0.717) is 23.2 Å². The zero-order chi connectivity index (χ0) is 26.5. The van der Waals surface area contributed by atoms with E-state index in [1.54, 1.807) is 0 Å². The van der Waals surface area contributed by atoms with E-state index in [2.05, 4.69) is 36.4 Å². The van der Waals surface area contributed by atoms with Crippen molar-refractivity contribution in [1.82, 2.24) is 0 Å². The van der Waals surface area contributed by atoms with Crippen LogP contribution in [0.4, 0.5) is 0 Å². The standard InChI is InChI=1S/C34H40O3/c1-19-7-26(8-20(2)29(19)35)32-13-25-14-33(16-32,27-9-21(3)30(36)22(4)10-27)18-34(15-25,17-32)28-11-23(5)31(37)24(6)12-28/h7-12,25,35-37H,13-18H2,1-6H3. The second-order valence-electron chi connectivity index (χ2n) is 13.2. The third kappa shape index (κ3) is 3.46. The molecule has 0 saturated heterocycles. The Morgan fingerprint density at radius 2 is 0.676 bits per heavy atom. The van der Waals surface area contributed by atoms with Crippen LogP contribution in [-0.4, -0.2) is 15.3 Å². The summed E-state index contributed by atoms with van der Waals surface area (Å²) in [6.45, 7) is 12.2. The van der Waals surface area contributed by atoms with Gasteiger partial charge in [-0.2, -0.15) is 0 Å². The largest absolute Gasteiger partial charge is 0.507 e. The molecule has 3 heteroatoms. The van der Waals surface area contributed by atoms with Crippen LogP contribution < -0.4 is 0 Å². The van der Waals surface area contributed by atoms with E-state index in [4.69, 9.17) is 0 Å². The highest BCUT2D eigenvalue weighted by Crippen LogP contribution is 2.71. The Kier molecular flexibility index (Phi) is 5.13. The predicted molar refractivity (Wildman–Crippen MR) is 149 cm³/mol. The molecule has 0 aromatic heterocycles. The van der Waals surface area contributed by atoms with Crippen LogP contribution in [0.2, 0.25) is 0 Å². The Labute approximate surface area is 221 Å². The van der Waals surface area contributed by atoms with Crippen LogP contribution in [0, 0.1) is 47.5 Å². The minimum Gasteiger partial charge on any atom is -0.507 e. The number of phenolic OH excluding ortho intramolecular Hbond substituents is 3. The van der Waals surface area contributed by atoms with Crippen molar-refractivity contribution >= 4 is 0 Å². The van der Waals surface area contributed by atoms with Gasteiger partial charge < -0.3 is 15.3 Å². The second kappa shape index (κ2) is 7.79. The van der Waals surface area contributed by atoms with Crippen LogP contribution >= 0.6 is 0 Å². The SMILES string of the molecule is Cc1cc(C23CC4CC(c5cc(C)c(O)c(C)c5)(C2)CC(c2cc(C)c(O)c(C)c2)(C4)C3)cc(C)c1O. The van der Waals surface area contributed by atoms with E-state index in [0.717, 1.165) is 52.6 Å². The van der Waals surface area contributed by atoms with E-state index in [1.165, 1.54) is 36.0 Å². The van der Waals surface area contributed by atoms with Crippen molar-refractivity contribution in [1.29, 1.82) is 0 Å². The van der Waals surface area contributed by atoms with Gasteiger partial charge in [0.15, 0.2) is 0 Å². The number of benzene rings is 3. The Hall–Kier alpha value is -2.94. The molecule has 0 unspecified atom stereocenters. The van der Waals surface area contributed by atoms with E-state index >= 15 is 0 Å². The number of phenols is 3. The Morgan fingerprint density at radius 3 is 0.892 bits per heavy atom. The average Bonchev–Trinajstić information content (AvgIpc) is 2.82. The van der Waals surface area contributed by atoms with Gasteiger partial charge in [0.1, 0.15) is 17.2 Å². The van der Waals surface area contributed by atoms with Gasteiger partial charge in [-0.05, 0) is 152 Å². The first kappa shape index (κ1) is 24.4. The lowest BCUT2D eigenvalue weighted by Gasteiger charge is -2.67. The molecule has 4 aliphatic rings. The summed E-state index contributed by atoms with van der Waals surface area (Å²) in [7, 11) is 0. The van der Waals surface area contributed by atoms with E-state index < -0.39 is 0 Å². The quantitative estimate of drug-likeness (QED) is 0.347. The lowest BCUT2D eigenvalue weighted by atomic mass is 9.36. The minimum absolute atomic E-state index is 0.0298. The summed E-state index contributed by atoms with van der Waals surface area (Å²) >= 11 is 0. The molecule has 0 radical (unpaired) electrons. The van der Waals surface area contributed by atoms with Gasteiger partial charge in [0.2, 0.25) is 0 Å². The molecular weight excluding hydrogens is 456 g/mol. The highest BCUT2D eigenvalue weighted by atomic mass is 16.3. The summed E-state index contributed by atoms with van der Waals surface area (Å²) < 4.78 is 0. The summed E-state index contributed by atoms with van der Waals surface area (Å²) in [5.41, 5.74) is 9.97. The first-order valence-electron chi connectivity index (χ1n) is 13.8. The first-order chi connectivity index (χ1) is 17.4. The maximum atomic E-state index is 10.6. The molecule has 0 aliphatic heterocycles. The Morgan fingerprint density at radius 1 is 0.459 bits per heavy atom. The molecule has 0 atom stereocenters. The molecule has 4 bridgehead atoms. The van der Waals surface area contributed by atoms with Gasteiger partial charge in [0.05, 0.1) is 0 Å². The molecule has 37 heavy (non-hydrogen) atoms. The molecule has 0 amide bonds. The molecule has 4 aliphatic carbocycles. The van der Waals surface area contributed by atoms with Crippen LogP contribution in [0.25, 0.3) is 0 Å². The first-order valence-corrected chi connectivity index (χ1v) is 13.8. The number of aryl methyl sites for hydroxylation is 6. The summed E-state index contributed by atoms with van der Waals surface area (Å²) in [5, 5.41) is 31.8. The Bertz CT molecular complexity index is 1200. The van der Waals surface area contributed by atoms with Gasteiger partial charge in [-0.1, -0.05) is 36.4 Å². The van der Waals surface area contributed by atoms with Crippen molar-refractivity contribution in [3.63, 3.8) is 0 Å². The molecule has 4 fully saturated rings. The van der Waals surface area contributed by atoms with Gasteiger partial charge >= 0.3 is 0 Å². The highest BCUT2D eigenvalue weighted by molar-refractivity contribution is 5.53. The van der Waals surface area contributed by atoms with Gasteiger partial charge in [-0.3, -0.25) is 0 Å². The van der Waals surface area contributed by atoms with Crippen LogP contribution in [0.15, 0.2) is 36.4 Å². The van der Waals surface area contributed by atoms with Crippen LogP contribution in [-0.2, 0) is 16.2 Å². The minimum atomic E-state index is 0.0298. The number of hydrogen-bond acceptors (Lipinski definition) is 3.